The van der Waals surface area contributed by atoms with Crippen molar-refractivity contribution in [3.8, 4) is 0 Å². The molecule has 3 heteroatoms. The Morgan fingerprint density at radius 3 is 3.29 bits per heavy atom. The second kappa shape index (κ2) is 1.80. The molecular formula is C11H10N2O. The molecule has 1 saturated heterocycles. The first-order valence-electron chi connectivity index (χ1n) is 5.00. The second-order valence-electron chi connectivity index (χ2n) is 4.44. The Bertz CT molecular complexity index is 485. The molecule has 1 aromatic heterocycles. The smallest absolute Gasteiger partial charge is 0.204 e. The van der Waals surface area contributed by atoms with Crippen LogP contribution in [0.4, 0.5) is 0 Å². The van der Waals surface area contributed by atoms with E-state index in [1.165, 1.54) is 12.0 Å². The van der Waals surface area contributed by atoms with Crippen molar-refractivity contribution >= 4 is 5.78 Å². The number of piperidine rings is 1. The van der Waals surface area contributed by atoms with Gasteiger partial charge in [-0.3, -0.25) is 4.79 Å². The van der Waals surface area contributed by atoms with Gasteiger partial charge in [-0.15, -0.1) is 0 Å². The number of ketones is 1. The van der Waals surface area contributed by atoms with Gasteiger partial charge >= 0.3 is 0 Å². The van der Waals surface area contributed by atoms with E-state index < -0.39 is 0 Å². The van der Waals surface area contributed by atoms with E-state index in [1.54, 1.807) is 6.08 Å². The molecule has 2 unspecified atom stereocenters. The number of aromatic nitrogens is 1. The maximum absolute atomic E-state index is 11.7. The van der Waals surface area contributed by atoms with Crippen LogP contribution in [0.15, 0.2) is 24.0 Å². The van der Waals surface area contributed by atoms with E-state index >= 15 is 0 Å². The number of nitrogens with one attached hydrogen (secondary N) is 2. The van der Waals surface area contributed by atoms with Crippen molar-refractivity contribution in [1.82, 2.24) is 10.3 Å². The molecule has 1 spiro atoms. The topological polar surface area (TPSA) is 44.9 Å². The number of carbonyl (C=O) groups is 1. The molecule has 2 heterocycles. The average molecular weight is 186 g/mol. The Morgan fingerprint density at radius 1 is 1.50 bits per heavy atom. The van der Waals surface area contributed by atoms with E-state index in [0.717, 1.165) is 23.9 Å². The minimum atomic E-state index is 0.116. The van der Waals surface area contributed by atoms with Crippen LogP contribution < -0.4 is 5.32 Å². The summed E-state index contributed by atoms with van der Waals surface area (Å²) in [4.78, 5) is 14.8. The van der Waals surface area contributed by atoms with Gasteiger partial charge in [0, 0.05) is 29.9 Å². The van der Waals surface area contributed by atoms with Gasteiger partial charge in [0.05, 0.1) is 5.69 Å². The molecule has 0 aromatic carbocycles. The first-order valence-corrected chi connectivity index (χ1v) is 5.00. The molecule has 14 heavy (non-hydrogen) atoms. The average Bonchev–Trinajstić information content (AvgIpc) is 2.62. The summed E-state index contributed by atoms with van der Waals surface area (Å²) in [6, 6.07) is 2.06. The van der Waals surface area contributed by atoms with Crippen LogP contribution >= 0.6 is 0 Å². The normalized spacial score (nSPS) is 36.7. The molecule has 2 fully saturated rings. The van der Waals surface area contributed by atoms with Crippen LogP contribution in [0.2, 0.25) is 0 Å². The minimum Gasteiger partial charge on any atom is -0.387 e. The van der Waals surface area contributed by atoms with Crippen LogP contribution in [0, 0.1) is 5.92 Å². The summed E-state index contributed by atoms with van der Waals surface area (Å²) in [6.45, 7) is 1.03. The summed E-state index contributed by atoms with van der Waals surface area (Å²) in [7, 11) is 0. The standard InChI is InChI=1S/C11H10N2O/c14-8-3-9-11(4-6(11)5-13-9)7-1-2-12-10(7)8/h1-3,6,12-13H,4-5H2. The van der Waals surface area contributed by atoms with Crippen molar-refractivity contribution < 1.29 is 4.79 Å². The summed E-state index contributed by atoms with van der Waals surface area (Å²) in [5, 5.41) is 3.34. The molecule has 3 aliphatic rings. The summed E-state index contributed by atoms with van der Waals surface area (Å²) in [5.41, 5.74) is 3.37. The number of carbonyl (C=O) groups excluding carboxylic acids is 1. The number of hydrogen-bond acceptors (Lipinski definition) is 2. The monoisotopic (exact) mass is 186 g/mol. The van der Waals surface area contributed by atoms with Gasteiger partial charge in [0.2, 0.25) is 5.78 Å². The first kappa shape index (κ1) is 6.87. The van der Waals surface area contributed by atoms with Crippen LogP contribution in [0.1, 0.15) is 22.5 Å². The molecule has 0 amide bonds. The third-order valence-corrected chi connectivity index (χ3v) is 3.87. The largest absolute Gasteiger partial charge is 0.387 e. The third-order valence-electron chi connectivity index (χ3n) is 3.87. The van der Waals surface area contributed by atoms with Gasteiger partial charge in [-0.05, 0) is 24.0 Å². The number of aromatic amines is 1. The fourth-order valence-electron chi connectivity index (χ4n) is 3.10. The second-order valence-corrected chi connectivity index (χ2v) is 4.44. The van der Waals surface area contributed by atoms with E-state index in [4.69, 9.17) is 0 Å². The number of hydrogen-bond donors (Lipinski definition) is 2. The Balaban J connectivity index is 2.05. The van der Waals surface area contributed by atoms with Crippen molar-refractivity contribution in [2.75, 3.05) is 6.54 Å². The molecule has 2 aliphatic carbocycles. The molecule has 1 saturated carbocycles. The lowest BCUT2D eigenvalue weighted by atomic mass is 9.86. The van der Waals surface area contributed by atoms with Crippen molar-refractivity contribution in [3.05, 3.63) is 35.3 Å². The van der Waals surface area contributed by atoms with Gasteiger partial charge in [-0.2, -0.15) is 0 Å². The lowest BCUT2D eigenvalue weighted by Gasteiger charge is -2.20. The number of fused-ring (bicyclic) bond motifs is 1. The molecule has 1 aromatic rings. The zero-order valence-corrected chi connectivity index (χ0v) is 7.63. The van der Waals surface area contributed by atoms with E-state index in [-0.39, 0.29) is 11.2 Å². The zero-order valence-electron chi connectivity index (χ0n) is 7.63. The minimum absolute atomic E-state index is 0.116. The third kappa shape index (κ3) is 0.523. The van der Waals surface area contributed by atoms with Crippen molar-refractivity contribution in [2.45, 2.75) is 11.8 Å². The quantitative estimate of drug-likeness (QED) is 0.633. The molecular weight excluding hydrogens is 176 g/mol. The van der Waals surface area contributed by atoms with E-state index in [1.807, 2.05) is 6.20 Å². The van der Waals surface area contributed by atoms with E-state index in [2.05, 4.69) is 16.4 Å². The number of allylic oxidation sites excluding steroid dienone is 2. The summed E-state index contributed by atoms with van der Waals surface area (Å²) in [6.07, 6.45) is 4.86. The Hall–Kier alpha value is -1.51. The Labute approximate surface area is 81.2 Å². The molecule has 4 rings (SSSR count). The molecule has 0 bridgehead atoms. The highest BCUT2D eigenvalue weighted by Crippen LogP contribution is 2.63. The van der Waals surface area contributed by atoms with Crippen molar-refractivity contribution in [1.29, 1.82) is 0 Å². The number of H-pyrrole nitrogens is 1. The zero-order chi connectivity index (χ0) is 9.34. The van der Waals surface area contributed by atoms with Gasteiger partial charge in [-0.25, -0.2) is 0 Å². The Kier molecular flexibility index (Phi) is 0.884. The van der Waals surface area contributed by atoms with Gasteiger partial charge < -0.3 is 10.3 Å². The summed E-state index contributed by atoms with van der Waals surface area (Å²) >= 11 is 0. The van der Waals surface area contributed by atoms with Gasteiger partial charge in [0.15, 0.2) is 0 Å². The highest BCUT2D eigenvalue weighted by Gasteiger charge is 2.64. The highest BCUT2D eigenvalue weighted by atomic mass is 16.1. The van der Waals surface area contributed by atoms with Crippen LogP contribution in [0.5, 0.6) is 0 Å². The van der Waals surface area contributed by atoms with E-state index in [0.29, 0.717) is 0 Å². The maximum atomic E-state index is 11.7. The molecule has 0 radical (unpaired) electrons. The predicted octanol–water partition coefficient (Wildman–Crippen LogP) is 0.956. The number of rotatable bonds is 0. The molecule has 70 valence electrons. The molecule has 3 nitrogen and oxygen atoms in total. The van der Waals surface area contributed by atoms with Gasteiger partial charge in [0.1, 0.15) is 0 Å². The summed E-state index contributed by atoms with van der Waals surface area (Å²) in [5.74, 6) is 0.835. The van der Waals surface area contributed by atoms with Crippen LogP contribution in [0.3, 0.4) is 0 Å². The first-order chi connectivity index (χ1) is 6.82. The van der Waals surface area contributed by atoms with Gasteiger partial charge in [-0.1, -0.05) is 0 Å². The van der Waals surface area contributed by atoms with Crippen LogP contribution in [-0.4, -0.2) is 17.3 Å². The van der Waals surface area contributed by atoms with E-state index in [9.17, 15) is 4.79 Å². The fraction of sp³-hybridized carbons (Fsp3) is 0.364. The predicted molar refractivity (Wildman–Crippen MR) is 51.0 cm³/mol. The van der Waals surface area contributed by atoms with Crippen molar-refractivity contribution in [2.24, 2.45) is 5.92 Å². The molecule has 2 N–H and O–H groups in total. The Morgan fingerprint density at radius 2 is 2.43 bits per heavy atom. The van der Waals surface area contributed by atoms with Crippen LogP contribution in [-0.2, 0) is 5.41 Å². The SMILES string of the molecule is O=C1C=C2NCC3CC23c2cc[nH]c21. The summed E-state index contributed by atoms with van der Waals surface area (Å²) < 4.78 is 0. The van der Waals surface area contributed by atoms with Gasteiger partial charge in [0.25, 0.3) is 0 Å². The highest BCUT2D eigenvalue weighted by molar-refractivity contribution is 6.07. The van der Waals surface area contributed by atoms with Crippen LogP contribution in [0.25, 0.3) is 0 Å². The molecule has 2 atom stereocenters. The lowest BCUT2D eigenvalue weighted by molar-refractivity contribution is 0.103. The lowest BCUT2D eigenvalue weighted by Crippen LogP contribution is -2.24. The fourth-order valence-corrected chi connectivity index (χ4v) is 3.10. The maximum Gasteiger partial charge on any atom is 0.204 e. The van der Waals surface area contributed by atoms with Crippen molar-refractivity contribution in [3.63, 3.8) is 0 Å². The molecule has 1 aliphatic heterocycles.